The van der Waals surface area contributed by atoms with Crippen LogP contribution >= 0.6 is 27.5 Å². The largest absolute Gasteiger partial charge is 0.298 e. The summed E-state index contributed by atoms with van der Waals surface area (Å²) in [5.74, 6) is 0.167. The molecule has 0 amide bonds. The van der Waals surface area contributed by atoms with E-state index in [1.54, 1.807) is 6.07 Å². The van der Waals surface area contributed by atoms with E-state index in [2.05, 4.69) is 15.9 Å². The second kappa shape index (κ2) is 4.84. The van der Waals surface area contributed by atoms with Gasteiger partial charge in [-0.3, -0.25) is 4.79 Å². The van der Waals surface area contributed by atoms with E-state index in [1.807, 2.05) is 0 Å². The third kappa shape index (κ3) is 2.46. The Hall–Kier alpha value is -0.410. The van der Waals surface area contributed by atoms with Gasteiger partial charge in [0, 0.05) is 11.4 Å². The number of alkyl halides is 1. The van der Waals surface area contributed by atoms with Crippen molar-refractivity contribution < 1.29 is 9.18 Å². The van der Waals surface area contributed by atoms with Crippen molar-refractivity contribution in [2.45, 2.75) is 30.0 Å². The van der Waals surface area contributed by atoms with Gasteiger partial charge in [-0.05, 0) is 36.5 Å². The predicted molar refractivity (Wildman–Crippen MR) is 65.7 cm³/mol. The molecule has 1 aliphatic rings. The van der Waals surface area contributed by atoms with Gasteiger partial charge in [0.25, 0.3) is 0 Å². The van der Waals surface area contributed by atoms with Gasteiger partial charge in [0.1, 0.15) is 11.6 Å². The Labute approximate surface area is 107 Å². The molecule has 16 heavy (non-hydrogen) atoms. The van der Waals surface area contributed by atoms with Gasteiger partial charge in [0.15, 0.2) is 0 Å². The highest BCUT2D eigenvalue weighted by molar-refractivity contribution is 9.10. The monoisotopic (exact) mass is 304 g/mol. The van der Waals surface area contributed by atoms with Crippen LogP contribution in [0, 0.1) is 5.82 Å². The molecular weight excluding hydrogens is 294 g/mol. The van der Waals surface area contributed by atoms with Crippen molar-refractivity contribution in [2.24, 2.45) is 0 Å². The van der Waals surface area contributed by atoms with Gasteiger partial charge in [-0.15, -0.1) is 0 Å². The number of ketones is 1. The van der Waals surface area contributed by atoms with Gasteiger partial charge in [-0.25, -0.2) is 4.39 Å². The zero-order valence-corrected chi connectivity index (χ0v) is 10.9. The minimum absolute atomic E-state index is 0.0904. The molecule has 0 aliphatic heterocycles. The number of Topliss-reactive ketones (excluding diaryl/α,β-unsaturated/α-hetero) is 1. The topological polar surface area (TPSA) is 17.1 Å². The lowest BCUT2D eigenvalue weighted by Gasteiger charge is -2.25. The number of benzene rings is 1. The van der Waals surface area contributed by atoms with E-state index in [1.165, 1.54) is 12.1 Å². The first-order chi connectivity index (χ1) is 7.58. The zero-order valence-electron chi connectivity index (χ0n) is 8.55. The van der Waals surface area contributed by atoms with Crippen molar-refractivity contribution in [1.29, 1.82) is 0 Å². The molecule has 86 valence electrons. The maximum Gasteiger partial charge on any atom is 0.146 e. The molecule has 0 aromatic heterocycles. The van der Waals surface area contributed by atoms with Gasteiger partial charge in [-0.1, -0.05) is 33.6 Å². The number of carbonyl (C=O) groups excluding carboxylic acids is 1. The van der Waals surface area contributed by atoms with Crippen molar-refractivity contribution in [3.63, 3.8) is 0 Å². The molecule has 1 aliphatic carbocycles. The lowest BCUT2D eigenvalue weighted by Crippen LogP contribution is -2.23. The van der Waals surface area contributed by atoms with Crippen LogP contribution in [0.25, 0.3) is 0 Å². The molecular formula is C12H11BrClFO. The highest BCUT2D eigenvalue weighted by atomic mass is 79.9. The fourth-order valence-corrected chi connectivity index (χ4v) is 3.09. The number of rotatable bonds is 1. The Morgan fingerprint density at radius 3 is 2.81 bits per heavy atom. The molecule has 1 saturated carbocycles. The van der Waals surface area contributed by atoms with Gasteiger partial charge < -0.3 is 0 Å². The van der Waals surface area contributed by atoms with Crippen molar-refractivity contribution >= 4 is 33.3 Å². The Morgan fingerprint density at radius 2 is 2.19 bits per heavy atom. The maximum absolute atomic E-state index is 12.9. The van der Waals surface area contributed by atoms with E-state index >= 15 is 0 Å². The normalized spacial score (nSPS) is 25.8. The Bertz CT molecular complexity index is 421. The Kier molecular flexibility index (Phi) is 3.65. The molecule has 2 rings (SSSR count). The minimum Gasteiger partial charge on any atom is -0.298 e. The molecule has 1 nitrogen and oxygen atoms in total. The van der Waals surface area contributed by atoms with Crippen LogP contribution < -0.4 is 0 Å². The minimum atomic E-state index is -0.323. The quantitative estimate of drug-likeness (QED) is 0.715. The summed E-state index contributed by atoms with van der Waals surface area (Å²) in [4.78, 5) is 11.3. The fourth-order valence-electron chi connectivity index (χ4n) is 2.09. The van der Waals surface area contributed by atoms with Crippen LogP contribution in [0.5, 0.6) is 0 Å². The second-order valence-corrected chi connectivity index (χ2v) is 5.58. The van der Waals surface area contributed by atoms with E-state index in [4.69, 9.17) is 11.6 Å². The summed E-state index contributed by atoms with van der Waals surface area (Å²) in [6.45, 7) is 0. The SMILES string of the molecule is O=C1CCC(c2ccc(F)cc2Cl)CC1Br. The fraction of sp³-hybridized carbons (Fsp3) is 0.417. The Balaban J connectivity index is 2.21. The average molecular weight is 306 g/mol. The number of hydrogen-bond donors (Lipinski definition) is 0. The van der Waals surface area contributed by atoms with Crippen LogP contribution in [0.3, 0.4) is 0 Å². The summed E-state index contributed by atoms with van der Waals surface area (Å²) in [5, 5.41) is 0.457. The highest BCUT2D eigenvalue weighted by Gasteiger charge is 2.28. The lowest BCUT2D eigenvalue weighted by atomic mass is 9.83. The molecule has 0 heterocycles. The summed E-state index contributed by atoms with van der Waals surface area (Å²) in [7, 11) is 0. The van der Waals surface area contributed by atoms with E-state index in [0.717, 1.165) is 18.4 Å². The Morgan fingerprint density at radius 1 is 1.44 bits per heavy atom. The summed E-state index contributed by atoms with van der Waals surface area (Å²) in [5.41, 5.74) is 0.944. The van der Waals surface area contributed by atoms with Crippen molar-refractivity contribution in [3.05, 3.63) is 34.6 Å². The second-order valence-electron chi connectivity index (χ2n) is 4.07. The maximum atomic E-state index is 12.9. The first kappa shape index (κ1) is 12.1. The summed E-state index contributed by atoms with van der Waals surface area (Å²) in [6.07, 6.45) is 2.10. The van der Waals surface area contributed by atoms with Crippen molar-refractivity contribution in [2.75, 3.05) is 0 Å². The molecule has 1 aromatic rings. The van der Waals surface area contributed by atoms with Crippen LogP contribution in [0.2, 0.25) is 5.02 Å². The van der Waals surface area contributed by atoms with Crippen LogP contribution in [-0.2, 0) is 4.79 Å². The summed E-state index contributed by atoms with van der Waals surface area (Å²) in [6, 6.07) is 4.47. The summed E-state index contributed by atoms with van der Waals surface area (Å²) >= 11 is 9.37. The zero-order chi connectivity index (χ0) is 11.7. The first-order valence-corrected chi connectivity index (χ1v) is 6.49. The molecule has 4 heteroatoms. The van der Waals surface area contributed by atoms with E-state index in [-0.39, 0.29) is 22.3 Å². The molecule has 0 radical (unpaired) electrons. The molecule has 0 saturated heterocycles. The van der Waals surface area contributed by atoms with Crippen LogP contribution in [0.15, 0.2) is 18.2 Å². The molecule has 2 atom stereocenters. The average Bonchev–Trinajstić information content (AvgIpc) is 2.22. The van der Waals surface area contributed by atoms with Gasteiger partial charge >= 0.3 is 0 Å². The van der Waals surface area contributed by atoms with Gasteiger partial charge in [-0.2, -0.15) is 0 Å². The molecule has 0 bridgehead atoms. The summed E-state index contributed by atoms with van der Waals surface area (Å²) < 4.78 is 12.9. The van der Waals surface area contributed by atoms with E-state index in [0.29, 0.717) is 11.4 Å². The van der Waals surface area contributed by atoms with E-state index in [9.17, 15) is 9.18 Å². The molecule has 2 unspecified atom stereocenters. The van der Waals surface area contributed by atoms with Crippen LogP contribution in [0.1, 0.15) is 30.7 Å². The molecule has 1 fully saturated rings. The molecule has 1 aromatic carbocycles. The van der Waals surface area contributed by atoms with Gasteiger partial charge in [0.05, 0.1) is 4.83 Å². The standard InChI is InChI=1S/C12H11BrClFO/c13-10-5-7(1-4-12(10)16)9-3-2-8(15)6-11(9)14/h2-3,6-7,10H,1,4-5H2. The third-order valence-electron chi connectivity index (χ3n) is 2.98. The van der Waals surface area contributed by atoms with Crippen LogP contribution in [-0.4, -0.2) is 10.6 Å². The first-order valence-electron chi connectivity index (χ1n) is 5.19. The van der Waals surface area contributed by atoms with Crippen molar-refractivity contribution in [1.82, 2.24) is 0 Å². The molecule has 0 spiro atoms. The van der Waals surface area contributed by atoms with Gasteiger partial charge in [0.2, 0.25) is 0 Å². The highest BCUT2D eigenvalue weighted by Crippen LogP contribution is 2.37. The molecule has 0 N–H and O–H groups in total. The number of carbonyl (C=O) groups is 1. The van der Waals surface area contributed by atoms with E-state index < -0.39 is 0 Å². The van der Waals surface area contributed by atoms with Crippen molar-refractivity contribution in [3.8, 4) is 0 Å². The predicted octanol–water partition coefficient (Wildman–Crippen LogP) is 4.08. The smallest absolute Gasteiger partial charge is 0.146 e. The lowest BCUT2D eigenvalue weighted by molar-refractivity contribution is -0.119. The van der Waals surface area contributed by atoms with Crippen LogP contribution in [0.4, 0.5) is 4.39 Å². The number of hydrogen-bond acceptors (Lipinski definition) is 1. The number of halogens is 3. The third-order valence-corrected chi connectivity index (χ3v) is 4.19.